The minimum atomic E-state index is -0.879. The van der Waals surface area contributed by atoms with Crippen molar-refractivity contribution in [2.24, 2.45) is 0 Å². The van der Waals surface area contributed by atoms with Crippen LogP contribution in [0.2, 0.25) is 0 Å². The molecule has 0 fully saturated rings. The van der Waals surface area contributed by atoms with Crippen LogP contribution in [0.1, 0.15) is 30.6 Å². The number of hydrogen-bond acceptors (Lipinski definition) is 3. The monoisotopic (exact) mass is 226 g/mol. The van der Waals surface area contributed by atoms with E-state index in [0.29, 0.717) is 12.0 Å². The molecule has 3 N–H and O–H groups in total. The van der Waals surface area contributed by atoms with Gasteiger partial charge in [0.25, 0.3) is 0 Å². The van der Waals surface area contributed by atoms with Crippen LogP contribution in [0.3, 0.4) is 0 Å². The van der Waals surface area contributed by atoms with Gasteiger partial charge in [-0.15, -0.1) is 0 Å². The van der Waals surface area contributed by atoms with E-state index in [1.54, 1.807) is 44.2 Å². The summed E-state index contributed by atoms with van der Waals surface area (Å²) in [5.41, 5.74) is -0.369. The molecule has 0 aliphatic rings. The van der Waals surface area contributed by atoms with Crippen molar-refractivity contribution in [1.82, 2.24) is 0 Å². The Kier molecular flexibility index (Phi) is 6.37. The van der Waals surface area contributed by atoms with Crippen molar-refractivity contribution >= 4 is 5.97 Å². The minimum absolute atomic E-state index is 0.0590. The normalized spacial score (nSPS) is 10.2. The first-order valence-electron chi connectivity index (χ1n) is 4.98. The van der Waals surface area contributed by atoms with Gasteiger partial charge in [0, 0.05) is 6.61 Å². The largest absolute Gasteiger partial charge is 0.478 e. The maximum Gasteiger partial charge on any atom is 0.335 e. The first-order chi connectivity index (χ1) is 7.37. The molecule has 0 saturated carbocycles. The standard InChI is InChI=1S/C7H6O2.C5H12O2/c8-7(9)6-4-2-1-3-5-6;1-5(2,7)3-4-6/h1-5H,(H,8,9);6-7H,3-4H2,1-2H3. The summed E-state index contributed by atoms with van der Waals surface area (Å²) in [4.78, 5) is 10.2. The van der Waals surface area contributed by atoms with Crippen molar-refractivity contribution < 1.29 is 20.1 Å². The molecule has 1 aromatic rings. The van der Waals surface area contributed by atoms with Crippen LogP contribution in [0.25, 0.3) is 0 Å². The van der Waals surface area contributed by atoms with Crippen LogP contribution in [0.15, 0.2) is 30.3 Å². The summed E-state index contributed by atoms with van der Waals surface area (Å²) in [6.45, 7) is 3.40. The van der Waals surface area contributed by atoms with E-state index in [1.165, 1.54) is 0 Å². The fourth-order valence-corrected chi connectivity index (χ4v) is 0.854. The van der Waals surface area contributed by atoms with Crippen molar-refractivity contribution in [1.29, 1.82) is 0 Å². The third-order valence-corrected chi connectivity index (χ3v) is 1.74. The van der Waals surface area contributed by atoms with E-state index < -0.39 is 11.6 Å². The zero-order valence-corrected chi connectivity index (χ0v) is 9.55. The Morgan fingerprint density at radius 1 is 1.25 bits per heavy atom. The lowest BCUT2D eigenvalue weighted by molar-refractivity contribution is 0.0515. The molecule has 0 aliphatic carbocycles. The highest BCUT2D eigenvalue weighted by atomic mass is 16.4. The quantitative estimate of drug-likeness (QED) is 0.730. The van der Waals surface area contributed by atoms with Gasteiger partial charge in [0.1, 0.15) is 0 Å². The molecule has 0 radical (unpaired) electrons. The van der Waals surface area contributed by atoms with Crippen LogP contribution in [0.5, 0.6) is 0 Å². The first kappa shape index (κ1) is 14.6. The molecule has 4 heteroatoms. The number of aromatic carboxylic acids is 1. The maximum absolute atomic E-state index is 10.2. The van der Waals surface area contributed by atoms with Gasteiger partial charge in [-0.05, 0) is 32.4 Å². The molecule has 16 heavy (non-hydrogen) atoms. The zero-order chi connectivity index (χ0) is 12.6. The van der Waals surface area contributed by atoms with E-state index in [4.69, 9.17) is 15.3 Å². The molecule has 0 aromatic heterocycles. The van der Waals surface area contributed by atoms with Crippen LogP contribution < -0.4 is 0 Å². The Labute approximate surface area is 95.2 Å². The summed E-state index contributed by atoms with van der Waals surface area (Å²) in [5, 5.41) is 25.5. The molecule has 1 aromatic carbocycles. The van der Waals surface area contributed by atoms with Crippen molar-refractivity contribution in [3.63, 3.8) is 0 Å². The van der Waals surface area contributed by atoms with Gasteiger partial charge in [0.2, 0.25) is 0 Å². The Morgan fingerprint density at radius 2 is 1.75 bits per heavy atom. The molecule has 0 atom stereocenters. The van der Waals surface area contributed by atoms with E-state index >= 15 is 0 Å². The second kappa shape index (κ2) is 6.98. The van der Waals surface area contributed by atoms with Crippen molar-refractivity contribution in [2.45, 2.75) is 25.9 Å². The third kappa shape index (κ3) is 7.96. The summed E-state index contributed by atoms with van der Waals surface area (Å²) in [5.74, 6) is -0.879. The topological polar surface area (TPSA) is 77.8 Å². The molecule has 0 unspecified atom stereocenters. The van der Waals surface area contributed by atoms with Crippen LogP contribution in [-0.2, 0) is 0 Å². The van der Waals surface area contributed by atoms with E-state index in [0.717, 1.165) is 0 Å². The minimum Gasteiger partial charge on any atom is -0.478 e. The summed E-state index contributed by atoms with van der Waals surface area (Å²) >= 11 is 0. The fraction of sp³-hybridized carbons (Fsp3) is 0.417. The highest BCUT2D eigenvalue weighted by molar-refractivity contribution is 5.87. The van der Waals surface area contributed by atoms with Gasteiger partial charge in [-0.1, -0.05) is 18.2 Å². The van der Waals surface area contributed by atoms with Crippen LogP contribution >= 0.6 is 0 Å². The van der Waals surface area contributed by atoms with Gasteiger partial charge >= 0.3 is 5.97 Å². The van der Waals surface area contributed by atoms with Gasteiger partial charge in [-0.2, -0.15) is 0 Å². The second-order valence-corrected chi connectivity index (χ2v) is 3.96. The fourth-order valence-electron chi connectivity index (χ4n) is 0.854. The second-order valence-electron chi connectivity index (χ2n) is 3.96. The third-order valence-electron chi connectivity index (χ3n) is 1.74. The van der Waals surface area contributed by atoms with Gasteiger partial charge in [-0.3, -0.25) is 0 Å². The lowest BCUT2D eigenvalue weighted by Crippen LogP contribution is -2.19. The number of rotatable bonds is 3. The summed E-state index contributed by atoms with van der Waals surface area (Å²) < 4.78 is 0. The van der Waals surface area contributed by atoms with Gasteiger partial charge in [-0.25, -0.2) is 4.79 Å². The number of aliphatic hydroxyl groups excluding tert-OH is 1. The molecule has 0 spiro atoms. The predicted molar refractivity (Wildman–Crippen MR) is 61.4 cm³/mol. The van der Waals surface area contributed by atoms with Crippen LogP contribution in [-0.4, -0.2) is 33.5 Å². The number of carboxylic acid groups (broad SMARTS) is 1. The average molecular weight is 226 g/mol. The molecule has 90 valence electrons. The number of benzene rings is 1. The van der Waals surface area contributed by atoms with Crippen LogP contribution in [0, 0.1) is 0 Å². The van der Waals surface area contributed by atoms with E-state index in [9.17, 15) is 4.79 Å². The Balaban J connectivity index is 0.000000293. The van der Waals surface area contributed by atoms with Crippen LogP contribution in [0.4, 0.5) is 0 Å². The lowest BCUT2D eigenvalue weighted by Gasteiger charge is -2.13. The Bertz CT molecular complexity index is 301. The first-order valence-corrected chi connectivity index (χ1v) is 4.98. The molecule has 4 nitrogen and oxygen atoms in total. The highest BCUT2D eigenvalue weighted by Gasteiger charge is 2.09. The van der Waals surface area contributed by atoms with E-state index in [-0.39, 0.29) is 6.61 Å². The number of hydrogen-bond donors (Lipinski definition) is 3. The average Bonchev–Trinajstić information content (AvgIpc) is 2.18. The Hall–Kier alpha value is -1.39. The number of carboxylic acids is 1. The maximum atomic E-state index is 10.2. The molecular weight excluding hydrogens is 208 g/mol. The summed E-state index contributed by atoms with van der Waals surface area (Å²) in [7, 11) is 0. The lowest BCUT2D eigenvalue weighted by atomic mass is 10.1. The molecule has 1 rings (SSSR count). The van der Waals surface area contributed by atoms with Gasteiger partial charge in [0.15, 0.2) is 0 Å². The number of aliphatic hydroxyl groups is 2. The molecule has 0 amide bonds. The zero-order valence-electron chi connectivity index (χ0n) is 9.55. The molecule has 0 saturated heterocycles. The molecule has 0 heterocycles. The summed E-state index contributed by atoms with van der Waals surface area (Å²) in [6, 6.07) is 8.30. The summed E-state index contributed by atoms with van der Waals surface area (Å²) in [6.07, 6.45) is 0.451. The highest BCUT2D eigenvalue weighted by Crippen LogP contribution is 2.04. The van der Waals surface area contributed by atoms with Crippen molar-refractivity contribution in [2.75, 3.05) is 6.61 Å². The SMILES string of the molecule is CC(C)(O)CCO.O=C(O)c1ccccc1. The van der Waals surface area contributed by atoms with Gasteiger partial charge < -0.3 is 15.3 Å². The van der Waals surface area contributed by atoms with Crippen molar-refractivity contribution in [3.8, 4) is 0 Å². The molecule has 0 bridgehead atoms. The van der Waals surface area contributed by atoms with E-state index in [2.05, 4.69) is 0 Å². The number of carbonyl (C=O) groups is 1. The predicted octanol–water partition coefficient (Wildman–Crippen LogP) is 1.52. The van der Waals surface area contributed by atoms with Crippen molar-refractivity contribution in [3.05, 3.63) is 35.9 Å². The van der Waals surface area contributed by atoms with Gasteiger partial charge in [0.05, 0.1) is 11.2 Å². The van der Waals surface area contributed by atoms with E-state index in [1.807, 2.05) is 0 Å². The smallest absolute Gasteiger partial charge is 0.335 e. The molecular formula is C12H18O4. The Morgan fingerprint density at radius 3 is 1.94 bits per heavy atom. The molecule has 0 aliphatic heterocycles.